The summed E-state index contributed by atoms with van der Waals surface area (Å²) in [4.78, 5) is 12.7. The van der Waals surface area contributed by atoms with Crippen molar-refractivity contribution in [2.75, 3.05) is 33.7 Å². The van der Waals surface area contributed by atoms with Crippen molar-refractivity contribution < 1.29 is 28.5 Å². The Kier molecular flexibility index (Phi) is 13.8. The summed E-state index contributed by atoms with van der Waals surface area (Å²) in [5, 5.41) is 0. The lowest BCUT2D eigenvalue weighted by molar-refractivity contribution is -0.162. The summed E-state index contributed by atoms with van der Waals surface area (Å²) in [6.07, 6.45) is 7.95. The molecule has 7 atom stereocenters. The first-order valence-corrected chi connectivity index (χ1v) is 16.5. The van der Waals surface area contributed by atoms with E-state index in [9.17, 15) is 4.79 Å². The Morgan fingerprint density at radius 2 is 1.74 bits per heavy atom. The summed E-state index contributed by atoms with van der Waals surface area (Å²) in [6, 6.07) is 10.4. The van der Waals surface area contributed by atoms with Crippen molar-refractivity contribution in [3.8, 4) is 0 Å². The molecule has 2 aliphatic rings. The van der Waals surface area contributed by atoms with Crippen LogP contribution in [0.15, 0.2) is 30.3 Å². The molecule has 0 heterocycles. The number of rotatable bonds is 17. The van der Waals surface area contributed by atoms with Gasteiger partial charge in [-0.3, -0.25) is 4.79 Å². The third kappa shape index (κ3) is 9.77. The average Bonchev–Trinajstić information content (AvgIpc) is 3.24. The maximum Gasteiger partial charge on any atom is 0.311 e. The molecule has 0 aliphatic heterocycles. The number of esters is 1. The zero-order chi connectivity index (χ0) is 30.8. The fourth-order valence-corrected chi connectivity index (χ4v) is 7.65. The lowest BCUT2D eigenvalue weighted by Crippen LogP contribution is -2.49. The average molecular weight is 589 g/mol. The van der Waals surface area contributed by atoms with Crippen molar-refractivity contribution in [2.45, 2.75) is 112 Å². The molecule has 0 spiro atoms. The van der Waals surface area contributed by atoms with Gasteiger partial charge in [0.25, 0.3) is 0 Å². The fraction of sp³-hybridized carbons (Fsp3) is 0.806. The first kappa shape index (κ1) is 35.0. The smallest absolute Gasteiger partial charge is 0.311 e. The van der Waals surface area contributed by atoms with Crippen LogP contribution >= 0.6 is 0 Å². The third-order valence-electron chi connectivity index (χ3n) is 9.93. The molecule has 42 heavy (non-hydrogen) atoms. The number of hydrogen-bond donors (Lipinski definition) is 0. The molecule has 3 rings (SSSR count). The highest BCUT2D eigenvalue weighted by Gasteiger charge is 2.59. The number of fused-ring (bicyclic) bond motifs is 1. The number of methoxy groups -OCH3 is 1. The SMILES string of the molecule is COCCOCO[C@H]1C[C@H]([C@H](C)CCCC(C)C)[C@@]2(C)CC[C@@H](OCc3ccccc3)[C@@H](CCOC(=O)C(C)(C)C)[C@H]12. The maximum atomic E-state index is 12.7. The van der Waals surface area contributed by atoms with Crippen LogP contribution in [0.25, 0.3) is 0 Å². The first-order valence-electron chi connectivity index (χ1n) is 16.5. The molecule has 6 nitrogen and oxygen atoms in total. The highest BCUT2D eigenvalue weighted by molar-refractivity contribution is 5.75. The van der Waals surface area contributed by atoms with Crippen LogP contribution in [0.1, 0.15) is 99.0 Å². The Bertz CT molecular complexity index is 911. The second-order valence-electron chi connectivity index (χ2n) is 14.6. The Hall–Kier alpha value is -1.47. The number of carbonyl (C=O) groups is 1. The van der Waals surface area contributed by atoms with Gasteiger partial charge in [-0.05, 0) is 87.0 Å². The van der Waals surface area contributed by atoms with Crippen LogP contribution in [-0.4, -0.2) is 51.9 Å². The molecule has 2 fully saturated rings. The van der Waals surface area contributed by atoms with Gasteiger partial charge in [0.1, 0.15) is 6.79 Å². The molecule has 2 saturated carbocycles. The van der Waals surface area contributed by atoms with Gasteiger partial charge in [0.15, 0.2) is 0 Å². The second-order valence-corrected chi connectivity index (χ2v) is 14.6. The van der Waals surface area contributed by atoms with E-state index in [4.69, 9.17) is 23.7 Å². The quantitative estimate of drug-likeness (QED) is 0.104. The molecule has 2 aliphatic carbocycles. The molecule has 0 N–H and O–H groups in total. The van der Waals surface area contributed by atoms with E-state index in [1.807, 2.05) is 26.8 Å². The van der Waals surface area contributed by atoms with E-state index in [2.05, 4.69) is 52.0 Å². The van der Waals surface area contributed by atoms with Crippen LogP contribution in [0, 0.1) is 40.4 Å². The topological polar surface area (TPSA) is 63.2 Å². The third-order valence-corrected chi connectivity index (χ3v) is 9.93. The molecule has 0 unspecified atom stereocenters. The van der Waals surface area contributed by atoms with Crippen molar-refractivity contribution in [3.63, 3.8) is 0 Å². The Labute approximate surface area is 256 Å². The van der Waals surface area contributed by atoms with E-state index in [-0.39, 0.29) is 36.3 Å². The summed E-state index contributed by atoms with van der Waals surface area (Å²) < 4.78 is 30.1. The van der Waals surface area contributed by atoms with Crippen molar-refractivity contribution >= 4 is 5.97 Å². The molecule has 0 aromatic heterocycles. The summed E-state index contributed by atoms with van der Waals surface area (Å²) in [6.45, 7) is 17.7. The predicted molar refractivity (Wildman–Crippen MR) is 168 cm³/mol. The molecule has 1 aromatic carbocycles. The van der Waals surface area contributed by atoms with Crippen LogP contribution in [0.3, 0.4) is 0 Å². The molecule has 0 amide bonds. The van der Waals surface area contributed by atoms with E-state index in [1.54, 1.807) is 7.11 Å². The van der Waals surface area contributed by atoms with Crippen molar-refractivity contribution in [2.24, 2.45) is 40.4 Å². The van der Waals surface area contributed by atoms with Gasteiger partial charge in [-0.2, -0.15) is 0 Å². The summed E-state index contributed by atoms with van der Waals surface area (Å²) in [5.41, 5.74) is 0.810. The zero-order valence-corrected chi connectivity index (χ0v) is 27.9. The van der Waals surface area contributed by atoms with Crippen LogP contribution < -0.4 is 0 Å². The summed E-state index contributed by atoms with van der Waals surface area (Å²) in [7, 11) is 1.69. The van der Waals surface area contributed by atoms with Crippen LogP contribution in [0.5, 0.6) is 0 Å². The fourth-order valence-electron chi connectivity index (χ4n) is 7.65. The van der Waals surface area contributed by atoms with Crippen molar-refractivity contribution in [1.29, 1.82) is 0 Å². The predicted octanol–water partition coefficient (Wildman–Crippen LogP) is 8.07. The number of hydrogen-bond acceptors (Lipinski definition) is 6. The molecule has 0 bridgehead atoms. The van der Waals surface area contributed by atoms with E-state index in [0.717, 1.165) is 31.6 Å². The summed E-state index contributed by atoms with van der Waals surface area (Å²) >= 11 is 0. The zero-order valence-electron chi connectivity index (χ0n) is 27.9. The number of benzene rings is 1. The van der Waals surface area contributed by atoms with Crippen molar-refractivity contribution in [1.82, 2.24) is 0 Å². The standard InChI is InChI=1S/C36H60O6/c1-26(2)13-12-14-27(3)30-23-32(42-25-39-22-21-38-8)33-29(18-20-40-34(37)35(4,5)6)31(17-19-36(30,33)7)41-24-28-15-10-9-11-16-28/h9-11,15-16,26-27,29-33H,12-14,17-25H2,1-8H3/t27-,29-,30-,31-,32+,33-,36-/m1/s1. The van der Waals surface area contributed by atoms with Gasteiger partial charge in [0.2, 0.25) is 0 Å². The van der Waals surface area contributed by atoms with Gasteiger partial charge >= 0.3 is 5.97 Å². The number of carbonyl (C=O) groups excluding carboxylic acids is 1. The minimum Gasteiger partial charge on any atom is -0.465 e. The van der Waals surface area contributed by atoms with Gasteiger partial charge in [-0.25, -0.2) is 0 Å². The second kappa shape index (κ2) is 16.6. The highest BCUT2D eigenvalue weighted by atomic mass is 16.7. The van der Waals surface area contributed by atoms with Gasteiger partial charge < -0.3 is 23.7 Å². The number of ether oxygens (including phenoxy) is 5. The van der Waals surface area contributed by atoms with Gasteiger partial charge in [0.05, 0.1) is 44.1 Å². The molecular weight excluding hydrogens is 528 g/mol. The van der Waals surface area contributed by atoms with E-state index >= 15 is 0 Å². The lowest BCUT2D eigenvalue weighted by atomic mass is 9.57. The Morgan fingerprint density at radius 1 is 1.00 bits per heavy atom. The highest BCUT2D eigenvalue weighted by Crippen LogP contribution is 2.61. The van der Waals surface area contributed by atoms with Crippen molar-refractivity contribution in [3.05, 3.63) is 35.9 Å². The minimum atomic E-state index is -0.515. The van der Waals surface area contributed by atoms with Gasteiger partial charge in [-0.1, -0.05) is 77.3 Å². The molecule has 1 aromatic rings. The maximum absolute atomic E-state index is 12.7. The minimum absolute atomic E-state index is 0.0848. The molecule has 0 radical (unpaired) electrons. The van der Waals surface area contributed by atoms with Gasteiger partial charge in [-0.15, -0.1) is 0 Å². The molecule has 6 heteroatoms. The van der Waals surface area contributed by atoms with Crippen LogP contribution in [0.2, 0.25) is 0 Å². The monoisotopic (exact) mass is 588 g/mol. The van der Waals surface area contributed by atoms with E-state index in [1.165, 1.54) is 24.8 Å². The largest absolute Gasteiger partial charge is 0.465 e. The molecule has 240 valence electrons. The summed E-state index contributed by atoms with van der Waals surface area (Å²) in [5.74, 6) is 2.34. The first-order chi connectivity index (χ1) is 20.0. The molecule has 0 saturated heterocycles. The van der Waals surface area contributed by atoms with E-state index in [0.29, 0.717) is 44.2 Å². The normalized spacial score (nSPS) is 28.5. The van der Waals surface area contributed by atoms with E-state index < -0.39 is 5.41 Å². The van der Waals surface area contributed by atoms with Crippen LogP contribution in [-0.2, 0) is 35.1 Å². The molecular formula is C36H60O6. The van der Waals surface area contributed by atoms with Gasteiger partial charge in [0, 0.05) is 7.11 Å². The Morgan fingerprint density at radius 3 is 2.40 bits per heavy atom. The Balaban J connectivity index is 1.83. The lowest BCUT2D eigenvalue weighted by Gasteiger charge is -2.50. The van der Waals surface area contributed by atoms with Crippen LogP contribution in [0.4, 0.5) is 0 Å².